The van der Waals surface area contributed by atoms with Gasteiger partial charge < -0.3 is 10.8 Å². The number of allylic oxidation sites excluding steroid dienone is 1. The zero-order valence-corrected chi connectivity index (χ0v) is 22.4. The lowest BCUT2D eigenvalue weighted by Gasteiger charge is -2.62. The van der Waals surface area contributed by atoms with Crippen LogP contribution in [0.15, 0.2) is 11.1 Å². The van der Waals surface area contributed by atoms with Gasteiger partial charge in [0.2, 0.25) is 0 Å². The molecule has 2 fully saturated rings. The van der Waals surface area contributed by atoms with Crippen molar-refractivity contribution < 1.29 is 5.11 Å². The van der Waals surface area contributed by atoms with Crippen LogP contribution in [-0.4, -0.2) is 17.8 Å². The van der Waals surface area contributed by atoms with E-state index in [0.29, 0.717) is 11.3 Å². The third-order valence-electron chi connectivity index (χ3n) is 11.9. The van der Waals surface area contributed by atoms with Crippen LogP contribution in [0.25, 0.3) is 0 Å². The standard InChI is InChI=1S/C30H53NO/c1-20(2)9-8-10-21(3)22-14-18-30(19-31)24-11-12-25-27(4,5)26(32)15-16-28(25,6)23(24)13-17-29(22,30)7/h20-22,25-26,32H,8-19,31H2,1-7H3/t21-,22-,25?,26+,28-,29-,30-/m1/s1. The minimum absolute atomic E-state index is 0.0191. The van der Waals surface area contributed by atoms with Crippen LogP contribution in [0, 0.1) is 45.3 Å². The van der Waals surface area contributed by atoms with E-state index in [0.717, 1.165) is 37.1 Å². The van der Waals surface area contributed by atoms with E-state index in [9.17, 15) is 5.11 Å². The van der Waals surface area contributed by atoms with Gasteiger partial charge in [0.05, 0.1) is 6.10 Å². The van der Waals surface area contributed by atoms with Crippen LogP contribution in [0.4, 0.5) is 0 Å². The molecule has 0 heterocycles. The van der Waals surface area contributed by atoms with Crippen LogP contribution in [0.5, 0.6) is 0 Å². The van der Waals surface area contributed by atoms with Crippen molar-refractivity contribution in [2.45, 2.75) is 125 Å². The van der Waals surface area contributed by atoms with Gasteiger partial charge in [0.25, 0.3) is 0 Å². The molecule has 0 aliphatic heterocycles. The molecule has 7 atom stereocenters. The molecule has 0 bridgehead atoms. The molecule has 4 aliphatic rings. The van der Waals surface area contributed by atoms with E-state index in [2.05, 4.69) is 48.5 Å². The molecule has 184 valence electrons. The van der Waals surface area contributed by atoms with Gasteiger partial charge in [0.1, 0.15) is 0 Å². The molecule has 4 aliphatic carbocycles. The number of hydrogen-bond donors (Lipinski definition) is 2. The maximum atomic E-state index is 10.8. The summed E-state index contributed by atoms with van der Waals surface area (Å²) >= 11 is 0. The number of aliphatic hydroxyl groups excluding tert-OH is 1. The number of nitrogens with two attached hydrogens (primary N) is 1. The monoisotopic (exact) mass is 443 g/mol. The molecule has 32 heavy (non-hydrogen) atoms. The molecule has 0 radical (unpaired) electrons. The largest absolute Gasteiger partial charge is 0.393 e. The van der Waals surface area contributed by atoms with Crippen molar-refractivity contribution in [2.75, 3.05) is 6.54 Å². The van der Waals surface area contributed by atoms with Gasteiger partial charge in [-0.15, -0.1) is 0 Å². The zero-order valence-electron chi connectivity index (χ0n) is 22.4. The van der Waals surface area contributed by atoms with Gasteiger partial charge in [0, 0.05) is 12.0 Å². The number of fused-ring (bicyclic) bond motifs is 4. The number of rotatable bonds is 6. The summed E-state index contributed by atoms with van der Waals surface area (Å²) < 4.78 is 0. The van der Waals surface area contributed by atoms with Crippen molar-refractivity contribution in [1.29, 1.82) is 0 Å². The Hall–Kier alpha value is -0.340. The Balaban J connectivity index is 1.67. The molecule has 2 saturated carbocycles. The molecule has 4 rings (SSSR count). The SMILES string of the molecule is CC(C)CCC[C@@H](C)[C@H]1CC[C@@]2(CN)C3=C(CC[C@]12C)[C@@]1(C)CC[C@H](O)C(C)(C)C1CC3. The lowest BCUT2D eigenvalue weighted by molar-refractivity contribution is -0.0966. The quantitative estimate of drug-likeness (QED) is 0.417. The summed E-state index contributed by atoms with van der Waals surface area (Å²) in [7, 11) is 0. The van der Waals surface area contributed by atoms with Gasteiger partial charge in [-0.3, -0.25) is 0 Å². The Morgan fingerprint density at radius 2 is 1.62 bits per heavy atom. The van der Waals surface area contributed by atoms with Gasteiger partial charge >= 0.3 is 0 Å². The van der Waals surface area contributed by atoms with E-state index < -0.39 is 0 Å². The van der Waals surface area contributed by atoms with E-state index >= 15 is 0 Å². The first-order valence-corrected chi connectivity index (χ1v) is 14.0. The van der Waals surface area contributed by atoms with E-state index in [1.54, 1.807) is 11.1 Å². The average molecular weight is 444 g/mol. The zero-order chi connectivity index (χ0) is 23.5. The molecule has 0 aromatic heterocycles. The van der Waals surface area contributed by atoms with Crippen LogP contribution < -0.4 is 5.73 Å². The van der Waals surface area contributed by atoms with Gasteiger partial charge in [-0.05, 0) is 91.3 Å². The first-order valence-electron chi connectivity index (χ1n) is 14.0. The van der Waals surface area contributed by atoms with Crippen LogP contribution >= 0.6 is 0 Å². The Morgan fingerprint density at radius 3 is 2.28 bits per heavy atom. The fourth-order valence-corrected chi connectivity index (χ4v) is 9.92. The van der Waals surface area contributed by atoms with Crippen molar-refractivity contribution in [3.63, 3.8) is 0 Å². The molecule has 1 unspecified atom stereocenters. The molecule has 0 saturated heterocycles. The Labute approximate surface area is 199 Å². The normalized spacial score (nSPS) is 44.2. The van der Waals surface area contributed by atoms with Gasteiger partial charge in [-0.2, -0.15) is 0 Å². The van der Waals surface area contributed by atoms with Gasteiger partial charge in [-0.1, -0.05) is 78.9 Å². The van der Waals surface area contributed by atoms with Crippen molar-refractivity contribution in [3.8, 4) is 0 Å². The lowest BCUT2D eigenvalue weighted by atomic mass is 9.43. The van der Waals surface area contributed by atoms with Crippen LogP contribution in [-0.2, 0) is 0 Å². The molecule has 0 amide bonds. The molecular weight excluding hydrogens is 390 g/mol. The van der Waals surface area contributed by atoms with E-state index in [1.165, 1.54) is 57.8 Å². The third kappa shape index (κ3) is 3.40. The summed E-state index contributed by atoms with van der Waals surface area (Å²) in [5.74, 6) is 3.05. The van der Waals surface area contributed by atoms with Gasteiger partial charge in [-0.25, -0.2) is 0 Å². The first-order chi connectivity index (χ1) is 14.9. The second-order valence-electron chi connectivity index (χ2n) is 14.0. The molecule has 2 heteroatoms. The molecule has 2 nitrogen and oxygen atoms in total. The summed E-state index contributed by atoms with van der Waals surface area (Å²) in [6.07, 6.45) is 13.9. The second-order valence-corrected chi connectivity index (χ2v) is 14.0. The van der Waals surface area contributed by atoms with E-state index in [4.69, 9.17) is 5.73 Å². The second kappa shape index (κ2) is 8.40. The smallest absolute Gasteiger partial charge is 0.0594 e. The predicted octanol–water partition coefficient (Wildman–Crippen LogP) is 7.50. The highest BCUT2D eigenvalue weighted by Gasteiger charge is 2.64. The fourth-order valence-electron chi connectivity index (χ4n) is 9.92. The maximum absolute atomic E-state index is 10.8. The summed E-state index contributed by atoms with van der Waals surface area (Å²) in [5, 5.41) is 10.8. The average Bonchev–Trinajstić information content (AvgIpc) is 3.04. The number of aliphatic hydroxyl groups is 1. The van der Waals surface area contributed by atoms with Crippen LogP contribution in [0.1, 0.15) is 119 Å². The summed E-state index contributed by atoms with van der Waals surface area (Å²) in [6.45, 7) is 18.0. The van der Waals surface area contributed by atoms with Crippen molar-refractivity contribution >= 4 is 0 Å². The third-order valence-corrected chi connectivity index (χ3v) is 11.9. The van der Waals surface area contributed by atoms with Crippen LogP contribution in [0.2, 0.25) is 0 Å². The van der Waals surface area contributed by atoms with Crippen molar-refractivity contribution in [2.24, 2.45) is 51.1 Å². The highest BCUT2D eigenvalue weighted by molar-refractivity contribution is 5.39. The highest BCUT2D eigenvalue weighted by atomic mass is 16.3. The molecule has 0 aromatic rings. The Morgan fingerprint density at radius 1 is 0.906 bits per heavy atom. The highest BCUT2D eigenvalue weighted by Crippen LogP contribution is 2.72. The first kappa shape index (κ1) is 24.8. The van der Waals surface area contributed by atoms with Crippen molar-refractivity contribution in [1.82, 2.24) is 0 Å². The maximum Gasteiger partial charge on any atom is 0.0594 e. The molecule has 0 spiro atoms. The van der Waals surface area contributed by atoms with Gasteiger partial charge in [0.15, 0.2) is 0 Å². The van der Waals surface area contributed by atoms with E-state index in [-0.39, 0.29) is 22.3 Å². The summed E-state index contributed by atoms with van der Waals surface area (Å²) in [6, 6.07) is 0. The van der Waals surface area contributed by atoms with Crippen molar-refractivity contribution in [3.05, 3.63) is 11.1 Å². The fraction of sp³-hybridized carbons (Fsp3) is 0.933. The number of hydrogen-bond acceptors (Lipinski definition) is 2. The van der Waals surface area contributed by atoms with Crippen LogP contribution in [0.3, 0.4) is 0 Å². The minimum atomic E-state index is -0.150. The minimum Gasteiger partial charge on any atom is -0.393 e. The topological polar surface area (TPSA) is 46.2 Å². The molecular formula is C30H53NO. The summed E-state index contributed by atoms with van der Waals surface area (Å²) in [4.78, 5) is 0. The molecule has 0 aromatic carbocycles. The molecule has 3 N–H and O–H groups in total. The predicted molar refractivity (Wildman–Crippen MR) is 136 cm³/mol. The summed E-state index contributed by atoms with van der Waals surface area (Å²) in [5.41, 5.74) is 11.3. The Bertz CT molecular complexity index is 737. The Kier molecular flexibility index (Phi) is 6.50. The van der Waals surface area contributed by atoms with E-state index in [1.807, 2.05) is 0 Å². The lowest BCUT2D eigenvalue weighted by Crippen LogP contribution is -2.56.